The molecule has 0 saturated carbocycles. The molecule has 14 heavy (non-hydrogen) atoms. The SMILES string of the molecule is CC(C)C(C)(O)CNN1CCCCC1. The van der Waals surface area contributed by atoms with Gasteiger partial charge in [0.05, 0.1) is 5.60 Å². The van der Waals surface area contributed by atoms with Crippen molar-refractivity contribution in [3.8, 4) is 0 Å². The first kappa shape index (κ1) is 12.0. The molecule has 1 heterocycles. The van der Waals surface area contributed by atoms with Crippen LogP contribution in [0.25, 0.3) is 0 Å². The topological polar surface area (TPSA) is 35.5 Å². The van der Waals surface area contributed by atoms with Crippen molar-refractivity contribution in [3.63, 3.8) is 0 Å². The van der Waals surface area contributed by atoms with Gasteiger partial charge in [0.25, 0.3) is 0 Å². The Bertz CT molecular complexity index is 163. The highest BCUT2D eigenvalue weighted by molar-refractivity contribution is 4.78. The van der Waals surface area contributed by atoms with Gasteiger partial charge in [-0.05, 0) is 25.7 Å². The van der Waals surface area contributed by atoms with E-state index < -0.39 is 5.60 Å². The molecule has 0 bridgehead atoms. The summed E-state index contributed by atoms with van der Waals surface area (Å²) in [6.45, 7) is 8.90. The maximum absolute atomic E-state index is 10.0. The van der Waals surface area contributed by atoms with Crippen molar-refractivity contribution in [2.24, 2.45) is 5.92 Å². The van der Waals surface area contributed by atoms with Gasteiger partial charge in [0, 0.05) is 19.6 Å². The quantitative estimate of drug-likeness (QED) is 0.720. The first-order valence-corrected chi connectivity index (χ1v) is 5.73. The van der Waals surface area contributed by atoms with Gasteiger partial charge in [-0.15, -0.1) is 0 Å². The average Bonchev–Trinajstić information content (AvgIpc) is 2.16. The maximum atomic E-state index is 10.0. The molecule has 0 spiro atoms. The number of piperidine rings is 1. The summed E-state index contributed by atoms with van der Waals surface area (Å²) in [5, 5.41) is 12.3. The van der Waals surface area contributed by atoms with Gasteiger partial charge in [-0.1, -0.05) is 20.3 Å². The fraction of sp³-hybridized carbons (Fsp3) is 1.00. The Morgan fingerprint density at radius 2 is 1.86 bits per heavy atom. The van der Waals surface area contributed by atoms with Gasteiger partial charge in [-0.2, -0.15) is 0 Å². The molecular weight excluding hydrogens is 176 g/mol. The van der Waals surface area contributed by atoms with Crippen molar-refractivity contribution >= 4 is 0 Å². The van der Waals surface area contributed by atoms with E-state index in [1.807, 2.05) is 6.92 Å². The zero-order valence-electron chi connectivity index (χ0n) is 9.71. The van der Waals surface area contributed by atoms with Crippen molar-refractivity contribution in [2.45, 2.75) is 45.6 Å². The Kier molecular flexibility index (Phi) is 4.35. The second-order valence-electron chi connectivity index (χ2n) is 4.89. The van der Waals surface area contributed by atoms with Crippen LogP contribution in [0.3, 0.4) is 0 Å². The van der Waals surface area contributed by atoms with E-state index in [0.29, 0.717) is 12.5 Å². The second-order valence-corrected chi connectivity index (χ2v) is 4.89. The van der Waals surface area contributed by atoms with E-state index >= 15 is 0 Å². The number of nitrogens with one attached hydrogen (secondary N) is 1. The summed E-state index contributed by atoms with van der Waals surface area (Å²) in [6, 6.07) is 0. The third-order valence-corrected chi connectivity index (χ3v) is 3.26. The predicted molar refractivity (Wildman–Crippen MR) is 58.9 cm³/mol. The number of aliphatic hydroxyl groups is 1. The minimum absolute atomic E-state index is 0.291. The predicted octanol–water partition coefficient (Wildman–Crippen LogP) is 1.38. The summed E-state index contributed by atoms with van der Waals surface area (Å²) < 4.78 is 0. The first-order valence-electron chi connectivity index (χ1n) is 5.73. The van der Waals surface area contributed by atoms with Crippen molar-refractivity contribution in [1.82, 2.24) is 10.4 Å². The first-order chi connectivity index (χ1) is 6.52. The smallest absolute Gasteiger partial charge is 0.0780 e. The number of hydrazine groups is 1. The number of hydrogen-bond donors (Lipinski definition) is 2. The fourth-order valence-corrected chi connectivity index (χ4v) is 1.53. The Morgan fingerprint density at radius 3 is 2.36 bits per heavy atom. The highest BCUT2D eigenvalue weighted by atomic mass is 16.3. The third-order valence-electron chi connectivity index (χ3n) is 3.26. The van der Waals surface area contributed by atoms with E-state index in [2.05, 4.69) is 24.3 Å². The molecule has 0 aromatic carbocycles. The van der Waals surface area contributed by atoms with E-state index in [0.717, 1.165) is 13.1 Å². The van der Waals surface area contributed by atoms with Crippen LogP contribution in [0, 0.1) is 5.92 Å². The highest BCUT2D eigenvalue weighted by Gasteiger charge is 2.25. The zero-order chi connectivity index (χ0) is 10.6. The summed E-state index contributed by atoms with van der Waals surface area (Å²) in [7, 11) is 0. The molecule has 3 nitrogen and oxygen atoms in total. The van der Waals surface area contributed by atoms with E-state index in [1.54, 1.807) is 0 Å². The van der Waals surface area contributed by atoms with Gasteiger partial charge in [-0.3, -0.25) is 5.43 Å². The van der Waals surface area contributed by atoms with Crippen LogP contribution < -0.4 is 5.43 Å². The highest BCUT2D eigenvalue weighted by Crippen LogP contribution is 2.15. The minimum Gasteiger partial charge on any atom is -0.389 e. The van der Waals surface area contributed by atoms with E-state index in [4.69, 9.17) is 0 Å². The van der Waals surface area contributed by atoms with Gasteiger partial charge < -0.3 is 5.11 Å². The molecular formula is C11H24N2O. The summed E-state index contributed by atoms with van der Waals surface area (Å²) in [5.41, 5.74) is 2.73. The molecule has 0 amide bonds. The molecule has 1 fully saturated rings. The zero-order valence-corrected chi connectivity index (χ0v) is 9.71. The van der Waals surface area contributed by atoms with Gasteiger partial charge in [0.1, 0.15) is 0 Å². The number of rotatable bonds is 4. The molecule has 1 rings (SSSR count). The Balaban J connectivity index is 2.24. The van der Waals surface area contributed by atoms with Gasteiger partial charge in [0.2, 0.25) is 0 Å². The Morgan fingerprint density at radius 1 is 1.29 bits per heavy atom. The molecule has 1 aliphatic heterocycles. The van der Waals surface area contributed by atoms with Crippen LogP contribution in [-0.4, -0.2) is 35.4 Å². The van der Waals surface area contributed by atoms with E-state index in [1.165, 1.54) is 19.3 Å². The molecule has 0 aromatic rings. The standard InChI is InChI=1S/C11H24N2O/c1-10(2)11(3,14)9-12-13-7-5-4-6-8-13/h10,12,14H,4-9H2,1-3H3. The van der Waals surface area contributed by atoms with Gasteiger partial charge in [0.15, 0.2) is 0 Å². The molecule has 1 aliphatic rings. The lowest BCUT2D eigenvalue weighted by molar-refractivity contribution is -0.00894. The average molecular weight is 200 g/mol. The molecule has 0 radical (unpaired) electrons. The van der Waals surface area contributed by atoms with Crippen LogP contribution in [0.4, 0.5) is 0 Å². The molecule has 1 unspecified atom stereocenters. The van der Waals surface area contributed by atoms with Crippen molar-refractivity contribution in [3.05, 3.63) is 0 Å². The Labute approximate surface area is 87.5 Å². The maximum Gasteiger partial charge on any atom is 0.0780 e. The molecule has 1 atom stereocenters. The molecule has 0 aromatic heterocycles. The van der Waals surface area contributed by atoms with E-state index in [-0.39, 0.29) is 0 Å². The number of nitrogens with zero attached hydrogens (tertiary/aromatic N) is 1. The summed E-state index contributed by atoms with van der Waals surface area (Å²) in [6.07, 6.45) is 3.90. The lowest BCUT2D eigenvalue weighted by atomic mass is 9.93. The van der Waals surface area contributed by atoms with Crippen molar-refractivity contribution < 1.29 is 5.11 Å². The molecule has 84 valence electrons. The molecule has 2 N–H and O–H groups in total. The lowest BCUT2D eigenvalue weighted by Crippen LogP contribution is -2.50. The van der Waals surface area contributed by atoms with Crippen molar-refractivity contribution in [1.29, 1.82) is 0 Å². The summed E-state index contributed by atoms with van der Waals surface area (Å²) >= 11 is 0. The van der Waals surface area contributed by atoms with Crippen molar-refractivity contribution in [2.75, 3.05) is 19.6 Å². The lowest BCUT2D eigenvalue weighted by Gasteiger charge is -2.33. The van der Waals surface area contributed by atoms with Crippen LogP contribution in [0.15, 0.2) is 0 Å². The van der Waals surface area contributed by atoms with Gasteiger partial charge in [-0.25, -0.2) is 5.01 Å². The normalized spacial score (nSPS) is 23.8. The van der Waals surface area contributed by atoms with Crippen LogP contribution >= 0.6 is 0 Å². The number of hydrogen-bond acceptors (Lipinski definition) is 3. The third kappa shape index (κ3) is 3.56. The van der Waals surface area contributed by atoms with Crippen LogP contribution in [-0.2, 0) is 0 Å². The Hall–Kier alpha value is -0.120. The molecule has 1 saturated heterocycles. The van der Waals surface area contributed by atoms with Crippen LogP contribution in [0.1, 0.15) is 40.0 Å². The largest absolute Gasteiger partial charge is 0.389 e. The molecule has 3 heteroatoms. The minimum atomic E-state index is -0.600. The summed E-state index contributed by atoms with van der Waals surface area (Å²) in [5.74, 6) is 0.291. The van der Waals surface area contributed by atoms with Crippen LogP contribution in [0.2, 0.25) is 0 Å². The van der Waals surface area contributed by atoms with Crippen LogP contribution in [0.5, 0.6) is 0 Å². The molecule has 0 aliphatic carbocycles. The van der Waals surface area contributed by atoms with E-state index in [9.17, 15) is 5.11 Å². The summed E-state index contributed by atoms with van der Waals surface area (Å²) in [4.78, 5) is 0. The monoisotopic (exact) mass is 200 g/mol. The second kappa shape index (κ2) is 5.10. The van der Waals surface area contributed by atoms with Gasteiger partial charge >= 0.3 is 0 Å². The fourth-order valence-electron chi connectivity index (χ4n) is 1.53.